The summed E-state index contributed by atoms with van der Waals surface area (Å²) in [6.07, 6.45) is 0.887. The Bertz CT molecular complexity index is 436. The lowest BCUT2D eigenvalue weighted by atomic mass is 10.1. The van der Waals surface area contributed by atoms with E-state index >= 15 is 0 Å². The molecule has 0 spiro atoms. The Morgan fingerprint density at radius 1 is 1.44 bits per heavy atom. The van der Waals surface area contributed by atoms with Crippen LogP contribution in [-0.4, -0.2) is 43.4 Å². The highest BCUT2D eigenvalue weighted by atomic mass is 35.5. The molecular weight excluding hydrogens is 248 g/mol. The molecule has 1 unspecified atom stereocenters. The number of nitrogens with zero attached hydrogens (tertiary/aromatic N) is 2. The maximum absolute atomic E-state index is 11.1. The smallest absolute Gasteiger partial charge is 0.152 e. The third kappa shape index (κ3) is 2.68. The van der Waals surface area contributed by atoms with Crippen molar-refractivity contribution in [3.05, 3.63) is 28.8 Å². The summed E-state index contributed by atoms with van der Waals surface area (Å²) in [6, 6.07) is 6.04. The number of likely N-dealkylation sites (N-methyl/N-ethyl adjacent to an activating group) is 1. The molecule has 0 aromatic heterocycles. The fourth-order valence-corrected chi connectivity index (χ4v) is 2.77. The van der Waals surface area contributed by atoms with E-state index in [1.165, 1.54) is 0 Å². The number of halogens is 1. The zero-order valence-corrected chi connectivity index (χ0v) is 11.7. The molecule has 0 bridgehead atoms. The van der Waals surface area contributed by atoms with Gasteiger partial charge in [0.05, 0.1) is 0 Å². The zero-order valence-electron chi connectivity index (χ0n) is 10.9. The predicted octanol–water partition coefficient (Wildman–Crippen LogP) is 2.68. The lowest BCUT2D eigenvalue weighted by molar-refractivity contribution is 0.112. The first kappa shape index (κ1) is 13.4. The average Bonchev–Trinajstić information content (AvgIpc) is 2.38. The van der Waals surface area contributed by atoms with Crippen molar-refractivity contribution in [1.29, 1.82) is 0 Å². The van der Waals surface area contributed by atoms with Gasteiger partial charge in [0.1, 0.15) is 0 Å². The second-order valence-electron chi connectivity index (χ2n) is 4.74. The van der Waals surface area contributed by atoms with Crippen LogP contribution in [0.4, 0.5) is 5.69 Å². The van der Waals surface area contributed by atoms with Gasteiger partial charge in [0.25, 0.3) is 0 Å². The Morgan fingerprint density at radius 2 is 2.22 bits per heavy atom. The highest BCUT2D eigenvalue weighted by Crippen LogP contribution is 2.25. The standard InChI is InChI=1S/C14H19ClN2O/c1-3-16-6-7-17(9-11(16)2)14-5-4-13(15)8-12(14)10-18/h4-5,8,10-11H,3,6-7,9H2,1-2H3. The molecule has 0 amide bonds. The molecule has 0 aliphatic carbocycles. The monoisotopic (exact) mass is 266 g/mol. The molecular formula is C14H19ClN2O. The molecule has 1 atom stereocenters. The van der Waals surface area contributed by atoms with E-state index in [0.717, 1.165) is 38.2 Å². The molecule has 3 nitrogen and oxygen atoms in total. The van der Waals surface area contributed by atoms with E-state index in [1.807, 2.05) is 12.1 Å². The fraction of sp³-hybridized carbons (Fsp3) is 0.500. The van der Waals surface area contributed by atoms with Crippen molar-refractivity contribution in [2.45, 2.75) is 19.9 Å². The van der Waals surface area contributed by atoms with Gasteiger partial charge in [0.2, 0.25) is 0 Å². The van der Waals surface area contributed by atoms with Gasteiger partial charge < -0.3 is 4.90 Å². The number of hydrogen-bond acceptors (Lipinski definition) is 3. The quantitative estimate of drug-likeness (QED) is 0.786. The Kier molecular flexibility index (Phi) is 4.25. The van der Waals surface area contributed by atoms with Gasteiger partial charge in [0.15, 0.2) is 6.29 Å². The van der Waals surface area contributed by atoms with E-state index in [2.05, 4.69) is 23.6 Å². The first-order valence-corrected chi connectivity index (χ1v) is 6.77. The number of aldehydes is 1. The summed E-state index contributed by atoms with van der Waals surface area (Å²) in [5.74, 6) is 0. The van der Waals surface area contributed by atoms with Crippen LogP contribution in [-0.2, 0) is 0 Å². The third-order valence-electron chi connectivity index (χ3n) is 3.63. The highest BCUT2D eigenvalue weighted by molar-refractivity contribution is 6.31. The van der Waals surface area contributed by atoms with Crippen LogP contribution in [0, 0.1) is 0 Å². The van der Waals surface area contributed by atoms with Gasteiger partial charge >= 0.3 is 0 Å². The van der Waals surface area contributed by atoms with Gasteiger partial charge in [-0.2, -0.15) is 0 Å². The minimum absolute atomic E-state index is 0.513. The number of carbonyl (C=O) groups is 1. The number of carbonyl (C=O) groups excluding carboxylic acids is 1. The molecule has 1 saturated heterocycles. The second-order valence-corrected chi connectivity index (χ2v) is 5.18. The van der Waals surface area contributed by atoms with Crippen molar-refractivity contribution >= 4 is 23.6 Å². The van der Waals surface area contributed by atoms with Crippen molar-refractivity contribution in [2.24, 2.45) is 0 Å². The topological polar surface area (TPSA) is 23.6 Å². The zero-order chi connectivity index (χ0) is 13.1. The van der Waals surface area contributed by atoms with E-state index in [1.54, 1.807) is 6.07 Å². The van der Waals surface area contributed by atoms with E-state index in [0.29, 0.717) is 16.6 Å². The summed E-state index contributed by atoms with van der Waals surface area (Å²) in [6.45, 7) is 8.45. The summed E-state index contributed by atoms with van der Waals surface area (Å²) >= 11 is 5.92. The molecule has 98 valence electrons. The lowest BCUT2D eigenvalue weighted by Crippen LogP contribution is -2.51. The Labute approximate surface area is 113 Å². The van der Waals surface area contributed by atoms with Gasteiger partial charge in [0, 0.05) is 41.9 Å². The normalized spacial score (nSPS) is 21.1. The van der Waals surface area contributed by atoms with Gasteiger partial charge in [-0.15, -0.1) is 0 Å². The van der Waals surface area contributed by atoms with E-state index in [-0.39, 0.29) is 0 Å². The Balaban J connectivity index is 2.20. The SMILES string of the molecule is CCN1CCN(c2ccc(Cl)cc2C=O)CC1C. The molecule has 1 aliphatic rings. The molecule has 1 fully saturated rings. The maximum Gasteiger partial charge on any atom is 0.152 e. The van der Waals surface area contributed by atoms with E-state index < -0.39 is 0 Å². The van der Waals surface area contributed by atoms with Crippen molar-refractivity contribution < 1.29 is 4.79 Å². The van der Waals surface area contributed by atoms with Gasteiger partial charge in [-0.25, -0.2) is 0 Å². The number of rotatable bonds is 3. The maximum atomic E-state index is 11.1. The summed E-state index contributed by atoms with van der Waals surface area (Å²) in [7, 11) is 0. The van der Waals surface area contributed by atoms with Crippen LogP contribution in [0.2, 0.25) is 5.02 Å². The van der Waals surface area contributed by atoms with E-state index in [9.17, 15) is 4.79 Å². The first-order valence-electron chi connectivity index (χ1n) is 6.39. The largest absolute Gasteiger partial charge is 0.368 e. The van der Waals surface area contributed by atoms with Gasteiger partial charge in [-0.1, -0.05) is 18.5 Å². The minimum atomic E-state index is 0.513. The molecule has 1 heterocycles. The van der Waals surface area contributed by atoms with Crippen LogP contribution in [0.5, 0.6) is 0 Å². The lowest BCUT2D eigenvalue weighted by Gasteiger charge is -2.40. The molecule has 18 heavy (non-hydrogen) atoms. The molecule has 1 aromatic carbocycles. The van der Waals surface area contributed by atoms with E-state index in [4.69, 9.17) is 11.6 Å². The van der Waals surface area contributed by atoms with Crippen molar-refractivity contribution in [1.82, 2.24) is 4.90 Å². The molecule has 2 rings (SSSR count). The number of piperazine rings is 1. The van der Waals surface area contributed by atoms with Gasteiger partial charge in [-0.3, -0.25) is 9.69 Å². The molecule has 0 N–H and O–H groups in total. The van der Waals surface area contributed by atoms with Crippen LogP contribution in [0.25, 0.3) is 0 Å². The summed E-state index contributed by atoms with van der Waals surface area (Å²) in [5, 5.41) is 0.612. The Morgan fingerprint density at radius 3 is 2.83 bits per heavy atom. The average molecular weight is 267 g/mol. The summed E-state index contributed by atoms with van der Waals surface area (Å²) in [4.78, 5) is 15.9. The molecule has 1 aliphatic heterocycles. The first-order chi connectivity index (χ1) is 8.65. The molecule has 0 saturated carbocycles. The third-order valence-corrected chi connectivity index (χ3v) is 3.86. The summed E-state index contributed by atoms with van der Waals surface area (Å²) < 4.78 is 0. The van der Waals surface area contributed by atoms with Crippen molar-refractivity contribution in [2.75, 3.05) is 31.1 Å². The molecule has 1 aromatic rings. The van der Waals surface area contributed by atoms with Crippen LogP contribution in [0.3, 0.4) is 0 Å². The predicted molar refractivity (Wildman–Crippen MR) is 75.8 cm³/mol. The van der Waals surface area contributed by atoms with Crippen LogP contribution < -0.4 is 4.90 Å². The van der Waals surface area contributed by atoms with Crippen LogP contribution in [0.15, 0.2) is 18.2 Å². The highest BCUT2D eigenvalue weighted by Gasteiger charge is 2.23. The van der Waals surface area contributed by atoms with Crippen LogP contribution >= 0.6 is 11.6 Å². The number of hydrogen-bond donors (Lipinski definition) is 0. The minimum Gasteiger partial charge on any atom is -0.368 e. The fourth-order valence-electron chi connectivity index (χ4n) is 2.59. The molecule has 4 heteroatoms. The Hall–Kier alpha value is -1.06. The van der Waals surface area contributed by atoms with Crippen molar-refractivity contribution in [3.8, 4) is 0 Å². The molecule has 0 radical (unpaired) electrons. The summed E-state index contributed by atoms with van der Waals surface area (Å²) in [5.41, 5.74) is 1.68. The number of benzene rings is 1. The van der Waals surface area contributed by atoms with Crippen LogP contribution in [0.1, 0.15) is 24.2 Å². The number of anilines is 1. The van der Waals surface area contributed by atoms with Crippen molar-refractivity contribution in [3.63, 3.8) is 0 Å². The second kappa shape index (κ2) is 5.72. The van der Waals surface area contributed by atoms with Gasteiger partial charge in [-0.05, 0) is 31.7 Å².